The van der Waals surface area contributed by atoms with Gasteiger partial charge in [-0.1, -0.05) is 207 Å². The molecule has 3 aliphatic heterocycles. The molecular weight excluding hydrogens is 1130 g/mol. The van der Waals surface area contributed by atoms with Gasteiger partial charge in [-0.15, -0.1) is 0 Å². The Morgan fingerprint density at radius 3 is 1.40 bits per heavy atom. The van der Waals surface area contributed by atoms with Crippen LogP contribution in [0.2, 0.25) is 0 Å². The quantitative estimate of drug-likeness (QED) is 0.148. The van der Waals surface area contributed by atoms with Crippen LogP contribution in [0.4, 0.5) is 68.2 Å². The Hall–Kier alpha value is -9.72. The molecule has 0 spiro atoms. The van der Waals surface area contributed by atoms with Gasteiger partial charge in [-0.25, -0.2) is 0 Å². The van der Waals surface area contributed by atoms with Crippen molar-refractivity contribution < 1.29 is 4.42 Å². The maximum Gasteiger partial charge on any atom is 0.252 e. The third kappa shape index (κ3) is 9.26. The molecule has 11 aromatic carbocycles. The first kappa shape index (κ1) is 58.4. The van der Waals surface area contributed by atoms with Gasteiger partial charge in [0.1, 0.15) is 11.2 Å². The lowest BCUT2D eigenvalue weighted by Crippen LogP contribution is -2.62. The summed E-state index contributed by atoms with van der Waals surface area (Å²) in [4.78, 5) is 10.3. The zero-order valence-electron chi connectivity index (χ0n) is 56.6. The molecule has 93 heavy (non-hydrogen) atoms. The fourth-order valence-electron chi connectivity index (χ4n) is 15.1. The van der Waals surface area contributed by atoms with Crippen LogP contribution in [0.1, 0.15) is 132 Å². The fourth-order valence-corrected chi connectivity index (χ4v) is 15.1. The van der Waals surface area contributed by atoms with Crippen molar-refractivity contribution in [2.75, 3.05) is 19.6 Å². The number of anilines is 12. The van der Waals surface area contributed by atoms with E-state index in [1.165, 1.54) is 83.1 Å². The standard InChI is InChI=1S/C86H82BN5O/c1-82(2,3)53-33-38-60(39-34-53)88(61-40-35-54(36-41-61)83(4,5)6)62-42-43-67-71(50-62)90(70-30-24-32-77-78(70)64-29-22-23-31-76(64)93-77)72-51-63(89(58-25-18-16-19-26-58)59-27-20-17-21-28-59)52-73-79(72)87(67)68-47-57(86(13,14)15)49-75-81(68)92(73)74-48-56(85(10,11)12)46-66-65-45-55(84(7,8)9)37-44-69(65)91(75)80(66)74/h16-52H,1-15H3. The van der Waals surface area contributed by atoms with Gasteiger partial charge < -0.3 is 28.6 Å². The van der Waals surface area contributed by atoms with Crippen LogP contribution in [0.5, 0.6) is 0 Å². The minimum Gasteiger partial charge on any atom is -0.456 e. The number of para-hydroxylation sites is 3. The Balaban J connectivity index is 1.08. The van der Waals surface area contributed by atoms with Crippen LogP contribution in [0, 0.1) is 0 Å². The van der Waals surface area contributed by atoms with E-state index in [-0.39, 0.29) is 33.8 Å². The largest absolute Gasteiger partial charge is 0.456 e. The molecular formula is C86H82BN5O. The van der Waals surface area contributed by atoms with Crippen molar-refractivity contribution in [3.8, 4) is 5.69 Å². The highest BCUT2D eigenvalue weighted by atomic mass is 16.3. The van der Waals surface area contributed by atoms with Gasteiger partial charge in [-0.05, 0) is 193 Å². The highest BCUT2D eigenvalue weighted by Gasteiger charge is 2.48. The van der Waals surface area contributed by atoms with Gasteiger partial charge in [0.15, 0.2) is 0 Å². The minimum absolute atomic E-state index is 0.0176. The fraction of sp³-hybridized carbons (Fsp3) is 0.233. The van der Waals surface area contributed by atoms with Crippen LogP contribution < -0.4 is 36.0 Å². The molecule has 6 nitrogen and oxygen atoms in total. The highest BCUT2D eigenvalue weighted by Crippen LogP contribution is 2.57. The molecule has 13 aromatic rings. The number of benzene rings is 11. The second kappa shape index (κ2) is 20.4. The van der Waals surface area contributed by atoms with Gasteiger partial charge in [0.05, 0.1) is 44.9 Å². The van der Waals surface area contributed by atoms with E-state index in [0.717, 1.165) is 78.8 Å². The summed E-state index contributed by atoms with van der Waals surface area (Å²) in [5.74, 6) is 0. The minimum atomic E-state index is -0.207. The lowest BCUT2D eigenvalue weighted by Gasteiger charge is -2.47. The van der Waals surface area contributed by atoms with Crippen molar-refractivity contribution in [1.29, 1.82) is 0 Å². The molecule has 3 aliphatic rings. The third-order valence-electron chi connectivity index (χ3n) is 20.2. The van der Waals surface area contributed by atoms with Crippen molar-refractivity contribution >= 4 is 135 Å². The predicted molar refractivity (Wildman–Crippen MR) is 399 cm³/mol. The molecule has 0 atom stereocenters. The molecule has 0 saturated carbocycles. The zero-order chi connectivity index (χ0) is 64.6. The van der Waals surface area contributed by atoms with Crippen LogP contribution in [-0.2, 0) is 27.1 Å². The lowest BCUT2D eigenvalue weighted by atomic mass is 9.33. The van der Waals surface area contributed by atoms with E-state index in [0.29, 0.717) is 0 Å². The Morgan fingerprint density at radius 2 is 0.796 bits per heavy atom. The number of hydrogen-bond donors (Lipinski definition) is 0. The normalized spacial score (nSPS) is 13.7. The SMILES string of the molecule is CC(C)(C)c1ccc(N(c2ccc(C(C)(C)C)cc2)c2ccc3c(c2)N(c2cccc4oc5ccccc5c24)c2cc(N(c4ccccc4)c4ccccc4)cc4c2B3c2cc(C(C)(C)C)cc3c2N4c2cc(C(C)(C)C)cc4c5cc(C(C)(C)C)ccc5n-3c24)cc1. The molecule has 0 N–H and O–H groups in total. The molecule has 0 bridgehead atoms. The first-order chi connectivity index (χ1) is 44.3. The summed E-state index contributed by atoms with van der Waals surface area (Å²) in [6.45, 7) is 34.9. The Bertz CT molecular complexity index is 5080. The lowest BCUT2D eigenvalue weighted by molar-refractivity contribution is 0.590. The smallest absolute Gasteiger partial charge is 0.252 e. The van der Waals surface area contributed by atoms with Crippen LogP contribution in [0.3, 0.4) is 0 Å². The molecule has 460 valence electrons. The molecule has 2 aromatic heterocycles. The van der Waals surface area contributed by atoms with E-state index in [1.807, 2.05) is 0 Å². The van der Waals surface area contributed by atoms with Gasteiger partial charge in [-0.2, -0.15) is 0 Å². The van der Waals surface area contributed by atoms with Gasteiger partial charge >= 0.3 is 0 Å². The van der Waals surface area contributed by atoms with E-state index in [4.69, 9.17) is 4.42 Å². The van der Waals surface area contributed by atoms with Crippen molar-refractivity contribution in [1.82, 2.24) is 4.57 Å². The average Bonchev–Trinajstić information content (AvgIpc) is 1.68. The van der Waals surface area contributed by atoms with Crippen LogP contribution >= 0.6 is 0 Å². The van der Waals surface area contributed by atoms with Crippen LogP contribution in [0.25, 0.3) is 49.4 Å². The molecule has 16 rings (SSSR count). The van der Waals surface area contributed by atoms with Crippen molar-refractivity contribution in [3.05, 3.63) is 252 Å². The maximum atomic E-state index is 6.91. The molecule has 5 heterocycles. The van der Waals surface area contributed by atoms with E-state index in [2.05, 4.69) is 352 Å². The first-order valence-electron chi connectivity index (χ1n) is 33.4. The predicted octanol–water partition coefficient (Wildman–Crippen LogP) is 22.5. The summed E-state index contributed by atoms with van der Waals surface area (Å²) in [6, 6.07) is 85.5. The second-order valence-electron chi connectivity index (χ2n) is 31.6. The number of aromatic nitrogens is 1. The summed E-state index contributed by atoms with van der Waals surface area (Å²) >= 11 is 0. The van der Waals surface area contributed by atoms with Crippen molar-refractivity contribution in [3.63, 3.8) is 0 Å². The Labute approximate surface area is 549 Å². The average molecular weight is 1210 g/mol. The summed E-state index contributed by atoms with van der Waals surface area (Å²) in [5, 5.41) is 4.71. The van der Waals surface area contributed by atoms with E-state index < -0.39 is 0 Å². The van der Waals surface area contributed by atoms with E-state index >= 15 is 0 Å². The molecule has 0 unspecified atom stereocenters. The molecule has 0 fully saturated rings. The number of furan rings is 1. The number of fused-ring (bicyclic) bond motifs is 12. The molecule has 0 saturated heterocycles. The summed E-state index contributed by atoms with van der Waals surface area (Å²) in [5.41, 5.74) is 28.5. The monoisotopic (exact) mass is 1210 g/mol. The van der Waals surface area contributed by atoms with Crippen molar-refractivity contribution in [2.24, 2.45) is 0 Å². The van der Waals surface area contributed by atoms with Gasteiger partial charge in [-0.3, -0.25) is 0 Å². The zero-order valence-corrected chi connectivity index (χ0v) is 56.6. The van der Waals surface area contributed by atoms with Crippen molar-refractivity contribution in [2.45, 2.75) is 131 Å². The molecule has 0 aliphatic carbocycles. The van der Waals surface area contributed by atoms with Crippen LogP contribution in [0.15, 0.2) is 229 Å². The van der Waals surface area contributed by atoms with Gasteiger partial charge in [0.25, 0.3) is 6.71 Å². The number of hydrogen-bond acceptors (Lipinski definition) is 5. The first-order valence-corrected chi connectivity index (χ1v) is 33.4. The Morgan fingerprint density at radius 1 is 0.312 bits per heavy atom. The molecule has 7 heteroatoms. The van der Waals surface area contributed by atoms with Crippen LogP contribution in [-0.4, -0.2) is 11.3 Å². The third-order valence-corrected chi connectivity index (χ3v) is 20.2. The molecule has 0 amide bonds. The second-order valence-corrected chi connectivity index (χ2v) is 31.6. The summed E-state index contributed by atoms with van der Waals surface area (Å²) in [7, 11) is 0. The van der Waals surface area contributed by atoms with E-state index in [1.54, 1.807) is 0 Å². The summed E-state index contributed by atoms with van der Waals surface area (Å²) in [6.07, 6.45) is 0. The number of rotatable bonds is 7. The summed E-state index contributed by atoms with van der Waals surface area (Å²) < 4.78 is 9.56. The van der Waals surface area contributed by atoms with Gasteiger partial charge in [0, 0.05) is 61.7 Å². The molecule has 0 radical (unpaired) electrons. The maximum absolute atomic E-state index is 6.91. The number of nitrogens with zero attached hydrogens (tertiary/aromatic N) is 5. The highest BCUT2D eigenvalue weighted by molar-refractivity contribution is 7.00. The topological polar surface area (TPSA) is 31.0 Å². The van der Waals surface area contributed by atoms with E-state index in [9.17, 15) is 0 Å². The Kier molecular flexibility index (Phi) is 12.8. The van der Waals surface area contributed by atoms with Gasteiger partial charge in [0.2, 0.25) is 0 Å².